The van der Waals surface area contributed by atoms with Crippen LogP contribution in [-0.4, -0.2) is 35.1 Å². The van der Waals surface area contributed by atoms with E-state index in [9.17, 15) is 19.6 Å². The summed E-state index contributed by atoms with van der Waals surface area (Å²) in [6.07, 6.45) is 8.28. The molecule has 1 aliphatic rings. The Hall–Kier alpha value is -3.45. The number of hydrogen-bond acceptors (Lipinski definition) is 5. The van der Waals surface area contributed by atoms with Crippen molar-refractivity contribution in [1.29, 1.82) is 0 Å². The molecule has 7 heteroatoms. The van der Waals surface area contributed by atoms with E-state index >= 15 is 0 Å². The average Bonchev–Trinajstić information content (AvgIpc) is 3.43. The molecule has 204 valence electrons. The number of carbonyl (C=O) groups excluding carboxylic acids is 3. The smallest absolute Gasteiger partial charge is 0.329 e. The summed E-state index contributed by atoms with van der Waals surface area (Å²) in [5, 5.41) is 12.4. The van der Waals surface area contributed by atoms with Gasteiger partial charge in [-0.25, -0.2) is 10.3 Å². The topological polar surface area (TPSA) is 105 Å². The van der Waals surface area contributed by atoms with Crippen molar-refractivity contribution in [3.05, 3.63) is 77.9 Å². The fraction of sp³-hybridized carbons (Fsp3) is 0.452. The van der Waals surface area contributed by atoms with Crippen molar-refractivity contribution in [2.45, 2.75) is 70.9 Å². The maximum atomic E-state index is 13.7. The Morgan fingerprint density at radius 1 is 0.947 bits per heavy atom. The first kappa shape index (κ1) is 29.1. The number of hydrogen-bond donors (Lipinski definition) is 3. The number of hydroxylamine groups is 1. The molecule has 0 spiro atoms. The molecule has 2 aromatic carbocycles. The highest BCUT2D eigenvalue weighted by atomic mass is 16.5. The Morgan fingerprint density at radius 3 is 2.18 bits per heavy atom. The van der Waals surface area contributed by atoms with Crippen molar-refractivity contribution in [3.63, 3.8) is 0 Å². The molecule has 2 amide bonds. The van der Waals surface area contributed by atoms with Crippen LogP contribution in [0.3, 0.4) is 0 Å². The van der Waals surface area contributed by atoms with E-state index in [2.05, 4.69) is 5.32 Å². The zero-order chi connectivity index (χ0) is 27.3. The molecule has 38 heavy (non-hydrogen) atoms. The van der Waals surface area contributed by atoms with E-state index in [4.69, 9.17) is 4.74 Å². The second-order valence-electron chi connectivity index (χ2n) is 10.5. The highest BCUT2D eigenvalue weighted by molar-refractivity contribution is 5.90. The second kappa shape index (κ2) is 15.1. The molecular weight excluding hydrogens is 480 g/mol. The second-order valence-corrected chi connectivity index (χ2v) is 10.5. The summed E-state index contributed by atoms with van der Waals surface area (Å²) in [6.45, 7) is 3.95. The number of ether oxygens (including phenoxy) is 1. The minimum absolute atomic E-state index is 0.107. The monoisotopic (exact) mass is 520 g/mol. The van der Waals surface area contributed by atoms with Crippen LogP contribution in [0.5, 0.6) is 0 Å². The van der Waals surface area contributed by atoms with Crippen LogP contribution in [0.1, 0.15) is 63.5 Å². The number of nitrogens with one attached hydrogen (secondary N) is 2. The zero-order valence-corrected chi connectivity index (χ0v) is 22.3. The molecule has 0 bridgehead atoms. The summed E-state index contributed by atoms with van der Waals surface area (Å²) in [4.78, 5) is 39.7. The maximum Gasteiger partial charge on any atom is 0.329 e. The standard InChI is InChI=1S/C31H40N2O5/c1-22(2)20-27(26(30(35)33-37)19-11-16-23-12-5-3-6-13-23)29(34)32-28(21-24-14-7-4-8-15-24)31(36)38-25-17-9-10-18-25/h3-8,11-16,22,25-28,37H,9-10,17-21H2,1-2H3,(H,32,34)(H,33,35)/b16-11+. The fourth-order valence-electron chi connectivity index (χ4n) is 4.99. The van der Waals surface area contributed by atoms with E-state index in [0.29, 0.717) is 6.42 Å². The molecule has 0 saturated heterocycles. The summed E-state index contributed by atoms with van der Waals surface area (Å²) >= 11 is 0. The predicted molar refractivity (Wildman–Crippen MR) is 147 cm³/mol. The van der Waals surface area contributed by atoms with Gasteiger partial charge in [0.2, 0.25) is 11.8 Å². The van der Waals surface area contributed by atoms with Gasteiger partial charge in [-0.15, -0.1) is 0 Å². The third-order valence-electron chi connectivity index (χ3n) is 6.96. The van der Waals surface area contributed by atoms with E-state index < -0.39 is 35.7 Å². The molecule has 0 heterocycles. The van der Waals surface area contributed by atoms with Gasteiger partial charge >= 0.3 is 5.97 Å². The van der Waals surface area contributed by atoms with Crippen LogP contribution in [0, 0.1) is 17.8 Å². The Kier molecular flexibility index (Phi) is 11.6. The van der Waals surface area contributed by atoms with E-state index in [1.165, 1.54) is 0 Å². The number of esters is 1. The Labute approximate surface area is 225 Å². The van der Waals surface area contributed by atoms with Gasteiger partial charge in [-0.05, 0) is 55.6 Å². The Bertz CT molecular complexity index is 1050. The van der Waals surface area contributed by atoms with E-state index in [-0.39, 0.29) is 24.9 Å². The fourth-order valence-corrected chi connectivity index (χ4v) is 4.99. The molecule has 0 aliphatic heterocycles. The molecule has 3 unspecified atom stereocenters. The van der Waals surface area contributed by atoms with Gasteiger partial charge < -0.3 is 10.1 Å². The molecule has 1 saturated carbocycles. The van der Waals surface area contributed by atoms with Crippen molar-refractivity contribution < 1.29 is 24.3 Å². The molecular formula is C31H40N2O5. The van der Waals surface area contributed by atoms with Crippen LogP contribution in [0.25, 0.3) is 6.08 Å². The molecule has 3 atom stereocenters. The predicted octanol–water partition coefficient (Wildman–Crippen LogP) is 5.09. The lowest BCUT2D eigenvalue weighted by Gasteiger charge is -2.28. The number of allylic oxidation sites excluding steroid dienone is 1. The van der Waals surface area contributed by atoms with Gasteiger partial charge in [0.05, 0.1) is 11.8 Å². The first-order valence-electron chi connectivity index (χ1n) is 13.6. The lowest BCUT2D eigenvalue weighted by atomic mass is 9.81. The largest absolute Gasteiger partial charge is 0.461 e. The quantitative estimate of drug-likeness (QED) is 0.194. The maximum absolute atomic E-state index is 13.7. The number of carbonyl (C=O) groups is 3. The third kappa shape index (κ3) is 9.14. The van der Waals surface area contributed by atoms with Gasteiger partial charge in [-0.1, -0.05) is 86.7 Å². The van der Waals surface area contributed by atoms with E-state index in [0.717, 1.165) is 36.8 Å². The summed E-state index contributed by atoms with van der Waals surface area (Å²) in [6, 6.07) is 18.3. The van der Waals surface area contributed by atoms with Crippen LogP contribution < -0.4 is 10.8 Å². The van der Waals surface area contributed by atoms with Crippen molar-refractivity contribution in [2.75, 3.05) is 0 Å². The van der Waals surface area contributed by atoms with E-state index in [1.54, 1.807) is 5.48 Å². The molecule has 3 rings (SSSR count). The Balaban J connectivity index is 1.81. The van der Waals surface area contributed by atoms with Gasteiger partial charge in [-0.3, -0.25) is 14.8 Å². The van der Waals surface area contributed by atoms with Gasteiger partial charge in [0.15, 0.2) is 0 Å². The summed E-state index contributed by atoms with van der Waals surface area (Å²) in [5.74, 6) is -2.94. The van der Waals surface area contributed by atoms with Crippen molar-refractivity contribution in [2.24, 2.45) is 17.8 Å². The molecule has 3 N–H and O–H groups in total. The average molecular weight is 521 g/mol. The van der Waals surface area contributed by atoms with Gasteiger partial charge in [0.25, 0.3) is 0 Å². The van der Waals surface area contributed by atoms with Crippen LogP contribution in [0.4, 0.5) is 0 Å². The van der Waals surface area contributed by atoms with Crippen molar-refractivity contribution >= 4 is 23.9 Å². The highest BCUT2D eigenvalue weighted by Gasteiger charge is 2.36. The van der Waals surface area contributed by atoms with Gasteiger partial charge in [-0.2, -0.15) is 0 Å². The van der Waals surface area contributed by atoms with Crippen LogP contribution >= 0.6 is 0 Å². The zero-order valence-electron chi connectivity index (χ0n) is 22.3. The van der Waals surface area contributed by atoms with Gasteiger partial charge in [0.1, 0.15) is 12.1 Å². The van der Waals surface area contributed by atoms with Crippen LogP contribution in [0.2, 0.25) is 0 Å². The molecule has 1 fully saturated rings. The van der Waals surface area contributed by atoms with Crippen molar-refractivity contribution in [3.8, 4) is 0 Å². The summed E-state index contributed by atoms with van der Waals surface area (Å²) in [5.41, 5.74) is 3.61. The summed E-state index contributed by atoms with van der Waals surface area (Å²) in [7, 11) is 0. The molecule has 0 aromatic heterocycles. The molecule has 0 radical (unpaired) electrons. The first-order valence-corrected chi connectivity index (χ1v) is 13.6. The highest BCUT2D eigenvalue weighted by Crippen LogP contribution is 2.26. The Morgan fingerprint density at radius 2 is 1.58 bits per heavy atom. The molecule has 7 nitrogen and oxygen atoms in total. The minimum atomic E-state index is -0.877. The number of benzene rings is 2. The minimum Gasteiger partial charge on any atom is -0.461 e. The SMILES string of the molecule is CC(C)CC(C(=O)NC(Cc1ccccc1)C(=O)OC1CCCC1)C(C/C=C/c1ccccc1)C(=O)NO. The summed E-state index contributed by atoms with van der Waals surface area (Å²) < 4.78 is 5.77. The van der Waals surface area contributed by atoms with Crippen LogP contribution in [-0.2, 0) is 25.5 Å². The first-order chi connectivity index (χ1) is 18.4. The van der Waals surface area contributed by atoms with Gasteiger partial charge in [0, 0.05) is 6.42 Å². The van der Waals surface area contributed by atoms with Crippen LogP contribution in [0.15, 0.2) is 66.7 Å². The lowest BCUT2D eigenvalue weighted by molar-refractivity contribution is -0.153. The third-order valence-corrected chi connectivity index (χ3v) is 6.96. The molecule has 2 aromatic rings. The van der Waals surface area contributed by atoms with Crippen molar-refractivity contribution in [1.82, 2.24) is 10.8 Å². The normalized spacial score (nSPS) is 16.2. The molecule has 1 aliphatic carbocycles. The number of rotatable bonds is 13. The lowest BCUT2D eigenvalue weighted by Crippen LogP contribution is -2.49. The van der Waals surface area contributed by atoms with E-state index in [1.807, 2.05) is 86.7 Å². The number of amides is 2.